The van der Waals surface area contributed by atoms with Gasteiger partial charge in [-0.1, -0.05) is 0 Å². The molecule has 0 spiro atoms. The maximum absolute atomic E-state index is 11.2. The number of hydrazine groups is 1. The van der Waals surface area contributed by atoms with Crippen molar-refractivity contribution in [2.24, 2.45) is 5.84 Å². The van der Waals surface area contributed by atoms with Crippen LogP contribution in [0.5, 0.6) is 0 Å². The lowest BCUT2D eigenvalue weighted by atomic mass is 10.1. The minimum absolute atomic E-state index is 0.195. The molecule has 19 heavy (non-hydrogen) atoms. The minimum Gasteiger partial charge on any atom is -0.390 e. The molecule has 1 heterocycles. The van der Waals surface area contributed by atoms with E-state index in [1.807, 2.05) is 5.43 Å². The van der Waals surface area contributed by atoms with Crippen molar-refractivity contribution in [3.63, 3.8) is 0 Å². The third-order valence-electron chi connectivity index (χ3n) is 2.45. The second-order valence-corrected chi connectivity index (χ2v) is 5.07. The summed E-state index contributed by atoms with van der Waals surface area (Å²) in [5.41, 5.74) is 1.99. The average molecular weight is 287 g/mol. The maximum atomic E-state index is 11.2. The van der Waals surface area contributed by atoms with E-state index in [2.05, 4.69) is 5.32 Å². The van der Waals surface area contributed by atoms with Crippen LogP contribution in [-0.2, 0) is 4.79 Å². The number of hydrogen-bond acceptors (Lipinski definition) is 6. The molecule has 0 aliphatic rings. The molecule has 0 aliphatic carbocycles. The van der Waals surface area contributed by atoms with Gasteiger partial charge in [-0.2, -0.15) is 0 Å². The first-order valence-electron chi connectivity index (χ1n) is 5.67. The highest BCUT2D eigenvalue weighted by Gasteiger charge is 2.21. The molecule has 2 amide bonds. The van der Waals surface area contributed by atoms with E-state index in [-0.39, 0.29) is 18.9 Å². The summed E-state index contributed by atoms with van der Waals surface area (Å²) < 4.78 is 0. The van der Waals surface area contributed by atoms with Crippen molar-refractivity contribution in [1.29, 1.82) is 0 Å². The van der Waals surface area contributed by atoms with Gasteiger partial charge in [-0.15, -0.1) is 11.3 Å². The summed E-state index contributed by atoms with van der Waals surface area (Å²) in [6.45, 7) is 1.65. The summed E-state index contributed by atoms with van der Waals surface area (Å²) in [5, 5.41) is 22.2. The Morgan fingerprint density at radius 2 is 2.11 bits per heavy atom. The van der Waals surface area contributed by atoms with Crippen LogP contribution in [0, 0.1) is 0 Å². The van der Waals surface area contributed by atoms with Crippen LogP contribution >= 0.6 is 11.3 Å². The molecule has 7 nitrogen and oxygen atoms in total. The fourth-order valence-electron chi connectivity index (χ4n) is 1.45. The fourth-order valence-corrected chi connectivity index (χ4v) is 2.40. The van der Waals surface area contributed by atoms with E-state index in [9.17, 15) is 19.8 Å². The Bertz CT molecular complexity index is 449. The van der Waals surface area contributed by atoms with Crippen LogP contribution in [0.2, 0.25) is 0 Å². The summed E-state index contributed by atoms with van der Waals surface area (Å²) in [6, 6.07) is 3.08. The van der Waals surface area contributed by atoms with Crippen molar-refractivity contribution < 1.29 is 19.8 Å². The second kappa shape index (κ2) is 7.19. The van der Waals surface area contributed by atoms with Gasteiger partial charge in [-0.05, 0) is 18.6 Å². The highest BCUT2D eigenvalue weighted by Crippen LogP contribution is 2.26. The van der Waals surface area contributed by atoms with Gasteiger partial charge >= 0.3 is 0 Å². The standard InChI is InChI=1S/C11H17N3O4S/c1-6(15)13-5-4-7(16)10(17)8-2-3-9(19-8)11(18)14-12/h2-3,7,10,16-17H,4-5,12H2,1H3,(H,13,15)(H,14,18). The minimum atomic E-state index is -1.10. The first kappa shape index (κ1) is 15.6. The molecule has 1 aromatic heterocycles. The number of aliphatic hydroxyl groups excluding tert-OH is 2. The third-order valence-corrected chi connectivity index (χ3v) is 3.61. The van der Waals surface area contributed by atoms with Gasteiger partial charge in [-0.25, -0.2) is 5.84 Å². The monoisotopic (exact) mass is 287 g/mol. The number of carbonyl (C=O) groups excluding carboxylic acids is 2. The quantitative estimate of drug-likeness (QED) is 0.268. The second-order valence-electron chi connectivity index (χ2n) is 3.96. The number of aliphatic hydroxyl groups is 2. The van der Waals surface area contributed by atoms with Crippen LogP contribution in [-0.4, -0.2) is 34.7 Å². The molecule has 0 saturated heterocycles. The number of rotatable bonds is 6. The van der Waals surface area contributed by atoms with Gasteiger partial charge < -0.3 is 15.5 Å². The Morgan fingerprint density at radius 1 is 1.42 bits per heavy atom. The zero-order valence-corrected chi connectivity index (χ0v) is 11.2. The summed E-state index contributed by atoms with van der Waals surface area (Å²) in [5.74, 6) is 4.36. The van der Waals surface area contributed by atoms with E-state index in [1.165, 1.54) is 13.0 Å². The van der Waals surface area contributed by atoms with E-state index in [1.54, 1.807) is 6.07 Å². The van der Waals surface area contributed by atoms with Crippen molar-refractivity contribution in [3.05, 3.63) is 21.9 Å². The van der Waals surface area contributed by atoms with E-state index in [0.29, 0.717) is 9.75 Å². The Balaban J connectivity index is 2.56. The van der Waals surface area contributed by atoms with Gasteiger partial charge in [0.15, 0.2) is 0 Å². The molecule has 106 valence electrons. The molecule has 0 bridgehead atoms. The van der Waals surface area contributed by atoms with E-state index < -0.39 is 18.1 Å². The van der Waals surface area contributed by atoms with Crippen molar-refractivity contribution in [3.8, 4) is 0 Å². The summed E-state index contributed by atoms with van der Waals surface area (Å²) >= 11 is 1.05. The van der Waals surface area contributed by atoms with E-state index >= 15 is 0 Å². The first-order chi connectivity index (χ1) is 8.95. The molecular weight excluding hydrogens is 270 g/mol. The molecule has 2 unspecified atom stereocenters. The molecule has 1 rings (SSSR count). The molecule has 0 aliphatic heterocycles. The van der Waals surface area contributed by atoms with Crippen LogP contribution in [0.1, 0.15) is 34.0 Å². The molecule has 8 heteroatoms. The zero-order chi connectivity index (χ0) is 14.4. The first-order valence-corrected chi connectivity index (χ1v) is 6.48. The van der Waals surface area contributed by atoms with Gasteiger partial charge in [0.05, 0.1) is 11.0 Å². The van der Waals surface area contributed by atoms with Crippen LogP contribution in [0.3, 0.4) is 0 Å². The number of amides is 2. The summed E-state index contributed by atoms with van der Waals surface area (Å²) in [4.78, 5) is 22.7. The number of nitrogens with two attached hydrogens (primary N) is 1. The smallest absolute Gasteiger partial charge is 0.275 e. The fraction of sp³-hybridized carbons (Fsp3) is 0.455. The molecule has 0 radical (unpaired) electrons. The normalized spacial score (nSPS) is 13.7. The average Bonchev–Trinajstić information content (AvgIpc) is 2.85. The van der Waals surface area contributed by atoms with Gasteiger partial charge in [0.2, 0.25) is 5.91 Å². The highest BCUT2D eigenvalue weighted by molar-refractivity contribution is 7.14. The van der Waals surface area contributed by atoms with Crippen molar-refractivity contribution in [2.75, 3.05) is 6.54 Å². The topological polar surface area (TPSA) is 125 Å². The molecule has 0 aromatic carbocycles. The lowest BCUT2D eigenvalue weighted by Gasteiger charge is -2.16. The maximum Gasteiger partial charge on any atom is 0.275 e. The highest BCUT2D eigenvalue weighted by atomic mass is 32.1. The lowest BCUT2D eigenvalue weighted by molar-refractivity contribution is -0.119. The van der Waals surface area contributed by atoms with Gasteiger partial charge in [0, 0.05) is 18.3 Å². The van der Waals surface area contributed by atoms with Gasteiger partial charge in [-0.3, -0.25) is 15.0 Å². The molecule has 1 aromatic rings. The molecular formula is C11H17N3O4S. The Hall–Kier alpha value is -1.48. The van der Waals surface area contributed by atoms with Crippen molar-refractivity contribution >= 4 is 23.2 Å². The van der Waals surface area contributed by atoms with E-state index in [0.717, 1.165) is 11.3 Å². The molecule has 2 atom stereocenters. The van der Waals surface area contributed by atoms with E-state index in [4.69, 9.17) is 5.84 Å². The SMILES string of the molecule is CC(=O)NCCC(O)C(O)c1ccc(C(=O)NN)s1. The molecule has 0 fully saturated rings. The van der Waals surface area contributed by atoms with Crippen LogP contribution in [0.15, 0.2) is 12.1 Å². The van der Waals surface area contributed by atoms with Crippen LogP contribution in [0.25, 0.3) is 0 Å². The third kappa shape index (κ3) is 4.60. The largest absolute Gasteiger partial charge is 0.390 e. The summed E-state index contributed by atoms with van der Waals surface area (Å²) in [6.07, 6.45) is -1.89. The zero-order valence-electron chi connectivity index (χ0n) is 10.4. The number of nitrogen functional groups attached to an aromatic ring is 1. The summed E-state index contributed by atoms with van der Waals surface area (Å²) in [7, 11) is 0. The van der Waals surface area contributed by atoms with Gasteiger partial charge in [0.1, 0.15) is 6.10 Å². The molecule has 6 N–H and O–H groups in total. The Morgan fingerprint density at radius 3 is 2.68 bits per heavy atom. The van der Waals surface area contributed by atoms with Crippen molar-refractivity contribution in [1.82, 2.24) is 10.7 Å². The van der Waals surface area contributed by atoms with Crippen LogP contribution in [0.4, 0.5) is 0 Å². The van der Waals surface area contributed by atoms with Crippen molar-refractivity contribution in [2.45, 2.75) is 25.6 Å². The van der Waals surface area contributed by atoms with Gasteiger partial charge in [0.25, 0.3) is 5.91 Å². The number of carbonyl (C=O) groups is 2. The number of nitrogens with one attached hydrogen (secondary N) is 2. The molecule has 0 saturated carbocycles. The predicted molar refractivity (Wildman–Crippen MR) is 70.2 cm³/mol. The van der Waals surface area contributed by atoms with Crippen LogP contribution < -0.4 is 16.6 Å². The Kier molecular flexibility index (Phi) is 5.90. The Labute approximate surface area is 114 Å². The lowest BCUT2D eigenvalue weighted by Crippen LogP contribution is -2.29. The number of hydrogen-bond donors (Lipinski definition) is 5. The number of thiophene rings is 1. The predicted octanol–water partition coefficient (Wildman–Crippen LogP) is -0.728.